The number of hydrogen-bond acceptors (Lipinski definition) is 4. The number of carbonyl (C=O) groups is 1. The Bertz CT molecular complexity index is 513. The molecule has 82 valence electrons. The van der Waals surface area contributed by atoms with E-state index in [-0.39, 0.29) is 11.6 Å². The molecule has 1 heterocycles. The molecule has 1 amide bonds. The van der Waals surface area contributed by atoms with Crippen molar-refractivity contribution < 1.29 is 9.63 Å². The molecule has 0 fully saturated rings. The summed E-state index contributed by atoms with van der Waals surface area (Å²) >= 11 is 0. The molecule has 1 N–H and O–H groups in total. The van der Waals surface area contributed by atoms with Crippen LogP contribution in [0.4, 0.5) is 0 Å². The van der Waals surface area contributed by atoms with Gasteiger partial charge in [0.05, 0.1) is 23.8 Å². The van der Waals surface area contributed by atoms with E-state index >= 15 is 0 Å². The first-order chi connectivity index (χ1) is 7.81. The van der Waals surface area contributed by atoms with Crippen molar-refractivity contribution in [2.24, 2.45) is 0 Å². The van der Waals surface area contributed by atoms with E-state index < -0.39 is 0 Å². The standard InChI is InChI=1S/C11H11N3O2/c1-2-16-14-11(15)10-7-12-8-5-3-4-6-9(8)13-10/h3-7H,2H2,1H3,(H,14,15). The lowest BCUT2D eigenvalue weighted by Crippen LogP contribution is -2.24. The minimum Gasteiger partial charge on any atom is -0.274 e. The van der Waals surface area contributed by atoms with Gasteiger partial charge in [0.2, 0.25) is 0 Å². The number of carbonyl (C=O) groups excluding carboxylic acids is 1. The number of amides is 1. The monoisotopic (exact) mass is 217 g/mol. The molecule has 0 aliphatic rings. The van der Waals surface area contributed by atoms with Crippen LogP contribution in [0.1, 0.15) is 17.4 Å². The molecule has 0 atom stereocenters. The Balaban J connectivity index is 2.28. The van der Waals surface area contributed by atoms with E-state index in [1.807, 2.05) is 18.2 Å². The highest BCUT2D eigenvalue weighted by Gasteiger charge is 2.08. The van der Waals surface area contributed by atoms with Gasteiger partial charge >= 0.3 is 0 Å². The predicted octanol–water partition coefficient (Wildman–Crippen LogP) is 1.31. The lowest BCUT2D eigenvalue weighted by Gasteiger charge is -2.03. The van der Waals surface area contributed by atoms with Crippen LogP contribution in [0.2, 0.25) is 0 Å². The number of hydroxylamine groups is 1. The molecule has 0 bridgehead atoms. The summed E-state index contributed by atoms with van der Waals surface area (Å²) in [4.78, 5) is 24.6. The first-order valence-corrected chi connectivity index (χ1v) is 4.95. The fourth-order valence-electron chi connectivity index (χ4n) is 1.26. The molecule has 2 rings (SSSR count). The van der Waals surface area contributed by atoms with Crippen LogP contribution < -0.4 is 5.48 Å². The maximum absolute atomic E-state index is 11.5. The van der Waals surface area contributed by atoms with E-state index in [2.05, 4.69) is 15.4 Å². The summed E-state index contributed by atoms with van der Waals surface area (Å²) in [5.41, 5.74) is 3.96. The zero-order valence-corrected chi connectivity index (χ0v) is 8.80. The Kier molecular flexibility index (Phi) is 3.07. The van der Waals surface area contributed by atoms with E-state index in [9.17, 15) is 4.79 Å². The third-order valence-electron chi connectivity index (χ3n) is 1.99. The van der Waals surface area contributed by atoms with Crippen molar-refractivity contribution in [3.8, 4) is 0 Å². The molecule has 0 saturated carbocycles. The highest BCUT2D eigenvalue weighted by atomic mass is 16.6. The highest BCUT2D eigenvalue weighted by molar-refractivity contribution is 5.92. The van der Waals surface area contributed by atoms with Gasteiger partial charge in [0.25, 0.3) is 5.91 Å². The van der Waals surface area contributed by atoms with Crippen LogP contribution in [0.3, 0.4) is 0 Å². The number of para-hydroxylation sites is 2. The molecule has 1 aromatic heterocycles. The van der Waals surface area contributed by atoms with Crippen LogP contribution in [0.25, 0.3) is 11.0 Å². The van der Waals surface area contributed by atoms with Crippen LogP contribution in [-0.4, -0.2) is 22.5 Å². The molecule has 0 unspecified atom stereocenters. The number of benzene rings is 1. The normalized spacial score (nSPS) is 10.3. The third kappa shape index (κ3) is 2.14. The van der Waals surface area contributed by atoms with Gasteiger partial charge in [-0.05, 0) is 19.1 Å². The van der Waals surface area contributed by atoms with E-state index in [1.54, 1.807) is 13.0 Å². The van der Waals surface area contributed by atoms with Crippen LogP contribution in [0, 0.1) is 0 Å². The molecule has 16 heavy (non-hydrogen) atoms. The maximum atomic E-state index is 11.5. The van der Waals surface area contributed by atoms with Crippen molar-refractivity contribution in [3.63, 3.8) is 0 Å². The average Bonchev–Trinajstić information content (AvgIpc) is 2.35. The molecule has 0 aliphatic heterocycles. The Morgan fingerprint density at radius 1 is 1.38 bits per heavy atom. The summed E-state index contributed by atoms with van der Waals surface area (Å²) in [7, 11) is 0. The minimum absolute atomic E-state index is 0.243. The summed E-state index contributed by atoms with van der Waals surface area (Å²) in [6.07, 6.45) is 1.43. The molecule has 5 nitrogen and oxygen atoms in total. The van der Waals surface area contributed by atoms with Gasteiger partial charge in [-0.2, -0.15) is 0 Å². The maximum Gasteiger partial charge on any atom is 0.295 e. The van der Waals surface area contributed by atoms with Crippen LogP contribution >= 0.6 is 0 Å². The molecular weight excluding hydrogens is 206 g/mol. The zero-order valence-electron chi connectivity index (χ0n) is 8.80. The Hall–Kier alpha value is -2.01. The second-order valence-corrected chi connectivity index (χ2v) is 3.11. The molecule has 0 radical (unpaired) electrons. The highest BCUT2D eigenvalue weighted by Crippen LogP contribution is 2.08. The number of fused-ring (bicyclic) bond motifs is 1. The van der Waals surface area contributed by atoms with E-state index in [1.165, 1.54) is 6.20 Å². The van der Waals surface area contributed by atoms with Crippen molar-refractivity contribution in [2.45, 2.75) is 6.92 Å². The van der Waals surface area contributed by atoms with Gasteiger partial charge in [0.15, 0.2) is 0 Å². The zero-order chi connectivity index (χ0) is 11.4. The van der Waals surface area contributed by atoms with Crippen molar-refractivity contribution in [1.82, 2.24) is 15.4 Å². The van der Waals surface area contributed by atoms with E-state index in [0.717, 1.165) is 5.52 Å². The molecule has 2 aromatic rings. The molecule has 0 spiro atoms. The van der Waals surface area contributed by atoms with Crippen molar-refractivity contribution in [1.29, 1.82) is 0 Å². The van der Waals surface area contributed by atoms with Gasteiger partial charge in [-0.15, -0.1) is 0 Å². The van der Waals surface area contributed by atoms with E-state index in [0.29, 0.717) is 12.1 Å². The number of hydrogen-bond donors (Lipinski definition) is 1. The van der Waals surface area contributed by atoms with Gasteiger partial charge in [-0.3, -0.25) is 14.6 Å². The molecule has 0 aliphatic carbocycles. The van der Waals surface area contributed by atoms with Gasteiger partial charge < -0.3 is 0 Å². The second-order valence-electron chi connectivity index (χ2n) is 3.11. The fraction of sp³-hybridized carbons (Fsp3) is 0.182. The molecule has 1 aromatic carbocycles. The minimum atomic E-state index is -0.389. The Morgan fingerprint density at radius 3 is 2.88 bits per heavy atom. The average molecular weight is 217 g/mol. The molecular formula is C11H11N3O2. The Morgan fingerprint density at radius 2 is 2.12 bits per heavy atom. The predicted molar refractivity (Wildman–Crippen MR) is 58.6 cm³/mol. The summed E-state index contributed by atoms with van der Waals surface area (Å²) in [6, 6.07) is 7.37. The lowest BCUT2D eigenvalue weighted by molar-refractivity contribution is 0.0360. The van der Waals surface area contributed by atoms with Crippen LogP contribution in [-0.2, 0) is 4.84 Å². The van der Waals surface area contributed by atoms with Crippen molar-refractivity contribution in [3.05, 3.63) is 36.2 Å². The second kappa shape index (κ2) is 4.67. The SMILES string of the molecule is CCONC(=O)c1cnc2ccccc2n1. The lowest BCUT2D eigenvalue weighted by atomic mass is 10.3. The number of nitrogens with zero attached hydrogens (tertiary/aromatic N) is 2. The fourth-order valence-corrected chi connectivity index (χ4v) is 1.26. The molecule has 0 saturated heterocycles. The summed E-state index contributed by atoms with van der Waals surface area (Å²) in [5, 5.41) is 0. The van der Waals surface area contributed by atoms with Crippen LogP contribution in [0.15, 0.2) is 30.5 Å². The van der Waals surface area contributed by atoms with Gasteiger partial charge in [-0.1, -0.05) is 12.1 Å². The van der Waals surface area contributed by atoms with Crippen LogP contribution in [0.5, 0.6) is 0 Å². The largest absolute Gasteiger partial charge is 0.295 e. The first kappa shape index (κ1) is 10.5. The van der Waals surface area contributed by atoms with Gasteiger partial charge in [0.1, 0.15) is 5.69 Å². The number of rotatable bonds is 3. The van der Waals surface area contributed by atoms with E-state index in [4.69, 9.17) is 4.84 Å². The summed E-state index contributed by atoms with van der Waals surface area (Å²) < 4.78 is 0. The number of aromatic nitrogens is 2. The Labute approximate surface area is 92.4 Å². The smallest absolute Gasteiger partial charge is 0.274 e. The van der Waals surface area contributed by atoms with Gasteiger partial charge in [-0.25, -0.2) is 10.5 Å². The summed E-state index contributed by atoms with van der Waals surface area (Å²) in [6.45, 7) is 2.19. The topological polar surface area (TPSA) is 64.1 Å². The summed E-state index contributed by atoms with van der Waals surface area (Å²) in [5.74, 6) is -0.389. The van der Waals surface area contributed by atoms with Crippen molar-refractivity contribution >= 4 is 16.9 Å². The van der Waals surface area contributed by atoms with Gasteiger partial charge in [0, 0.05) is 0 Å². The molecule has 5 heteroatoms. The first-order valence-electron chi connectivity index (χ1n) is 4.95. The number of nitrogens with one attached hydrogen (secondary N) is 1. The quantitative estimate of drug-likeness (QED) is 0.787. The third-order valence-corrected chi connectivity index (χ3v) is 1.99. The van der Waals surface area contributed by atoms with Crippen molar-refractivity contribution in [2.75, 3.05) is 6.61 Å².